The average Bonchev–Trinajstić information content (AvgIpc) is 3.28. The van der Waals surface area contributed by atoms with Crippen LogP contribution in [0.25, 0.3) is 5.82 Å². The van der Waals surface area contributed by atoms with Crippen molar-refractivity contribution in [3.63, 3.8) is 0 Å². The second-order valence-electron chi connectivity index (χ2n) is 7.04. The third-order valence-corrected chi connectivity index (χ3v) is 6.84. The van der Waals surface area contributed by atoms with E-state index in [1.54, 1.807) is 29.4 Å². The second-order valence-corrected chi connectivity index (χ2v) is 9.01. The van der Waals surface area contributed by atoms with Crippen molar-refractivity contribution < 1.29 is 21.6 Å². The lowest BCUT2D eigenvalue weighted by Gasteiger charge is -2.34. The number of nitrogens with zero attached hydrogens (tertiary/aromatic N) is 6. The predicted molar refractivity (Wildman–Crippen MR) is 107 cm³/mol. The Morgan fingerprint density at radius 1 is 0.968 bits per heavy atom. The maximum absolute atomic E-state index is 12.7. The summed E-state index contributed by atoms with van der Waals surface area (Å²) in [6, 6.07) is 6.00. The monoisotopic (exact) mass is 452 g/mol. The van der Waals surface area contributed by atoms with Crippen LogP contribution in [0.15, 0.2) is 55.4 Å². The first kappa shape index (κ1) is 21.2. The molecule has 3 heterocycles. The zero-order valence-corrected chi connectivity index (χ0v) is 17.1. The zero-order valence-electron chi connectivity index (χ0n) is 16.3. The molecule has 8 nitrogen and oxygen atoms in total. The minimum absolute atomic E-state index is 0.257. The summed E-state index contributed by atoms with van der Waals surface area (Å²) in [4.78, 5) is 14.4. The van der Waals surface area contributed by atoms with Gasteiger partial charge in [0.1, 0.15) is 24.3 Å². The average molecular weight is 452 g/mol. The summed E-state index contributed by atoms with van der Waals surface area (Å²) in [5.74, 6) is 0.988. The molecule has 1 aromatic carbocycles. The van der Waals surface area contributed by atoms with Gasteiger partial charge < -0.3 is 4.90 Å². The zero-order chi connectivity index (χ0) is 22.1. The van der Waals surface area contributed by atoms with Crippen LogP contribution in [0.4, 0.5) is 19.0 Å². The smallest absolute Gasteiger partial charge is 0.354 e. The van der Waals surface area contributed by atoms with Crippen molar-refractivity contribution in [1.82, 2.24) is 23.8 Å². The number of halogens is 3. The Kier molecular flexibility index (Phi) is 5.67. The van der Waals surface area contributed by atoms with Crippen LogP contribution in [0.1, 0.15) is 11.1 Å². The molecule has 164 valence electrons. The van der Waals surface area contributed by atoms with Crippen LogP contribution >= 0.6 is 0 Å². The summed E-state index contributed by atoms with van der Waals surface area (Å²) < 4.78 is 66.6. The molecule has 1 saturated heterocycles. The van der Waals surface area contributed by atoms with Gasteiger partial charge in [-0.2, -0.15) is 17.5 Å². The van der Waals surface area contributed by atoms with Crippen LogP contribution in [-0.2, 0) is 22.0 Å². The van der Waals surface area contributed by atoms with Gasteiger partial charge in [-0.25, -0.2) is 23.4 Å². The van der Waals surface area contributed by atoms with Crippen LogP contribution in [-0.4, -0.2) is 58.4 Å². The summed E-state index contributed by atoms with van der Waals surface area (Å²) in [5.41, 5.74) is -0.488. The summed E-state index contributed by atoms with van der Waals surface area (Å²) in [7, 11) is -3.65. The highest BCUT2D eigenvalue weighted by molar-refractivity contribution is 7.88. The van der Waals surface area contributed by atoms with E-state index in [1.807, 2.05) is 4.90 Å². The number of sulfonamides is 1. The van der Waals surface area contributed by atoms with Gasteiger partial charge in [0.25, 0.3) is 0 Å². The molecule has 0 saturated carbocycles. The first-order valence-electron chi connectivity index (χ1n) is 9.42. The van der Waals surface area contributed by atoms with E-state index in [9.17, 15) is 21.6 Å². The lowest BCUT2D eigenvalue weighted by atomic mass is 10.1. The van der Waals surface area contributed by atoms with Gasteiger partial charge >= 0.3 is 6.18 Å². The lowest BCUT2D eigenvalue weighted by molar-refractivity contribution is -0.137. The normalized spacial score (nSPS) is 15.9. The molecule has 0 radical (unpaired) electrons. The molecule has 1 aliphatic heterocycles. The van der Waals surface area contributed by atoms with Gasteiger partial charge in [0.15, 0.2) is 0 Å². The topological polar surface area (TPSA) is 84.2 Å². The van der Waals surface area contributed by atoms with Gasteiger partial charge in [-0.15, -0.1) is 0 Å². The molecule has 0 spiro atoms. The second kappa shape index (κ2) is 8.27. The van der Waals surface area contributed by atoms with E-state index in [0.29, 0.717) is 30.3 Å². The lowest BCUT2D eigenvalue weighted by Crippen LogP contribution is -2.49. The molecular formula is C19H19F3N6O2S. The van der Waals surface area contributed by atoms with Crippen LogP contribution in [0, 0.1) is 0 Å². The van der Waals surface area contributed by atoms with Crippen LogP contribution < -0.4 is 4.90 Å². The van der Waals surface area contributed by atoms with Crippen molar-refractivity contribution in [2.75, 3.05) is 31.1 Å². The fraction of sp³-hybridized carbons (Fsp3) is 0.316. The molecule has 31 heavy (non-hydrogen) atoms. The molecule has 3 aromatic rings. The van der Waals surface area contributed by atoms with Crippen molar-refractivity contribution in [2.24, 2.45) is 0 Å². The third kappa shape index (κ3) is 4.85. The molecule has 0 bridgehead atoms. The van der Waals surface area contributed by atoms with Gasteiger partial charge in [-0.05, 0) is 17.7 Å². The number of anilines is 1. The van der Waals surface area contributed by atoms with Crippen LogP contribution in [0.2, 0.25) is 0 Å². The molecule has 0 amide bonds. The Labute approximate surface area is 177 Å². The van der Waals surface area contributed by atoms with Gasteiger partial charge in [-0.3, -0.25) is 4.57 Å². The van der Waals surface area contributed by atoms with E-state index in [4.69, 9.17) is 0 Å². The number of rotatable bonds is 5. The molecule has 0 aliphatic carbocycles. The molecular weight excluding hydrogens is 433 g/mol. The van der Waals surface area contributed by atoms with Gasteiger partial charge in [0.2, 0.25) is 10.0 Å². The summed E-state index contributed by atoms with van der Waals surface area (Å²) in [5, 5.41) is 0. The largest absolute Gasteiger partial charge is 0.416 e. The minimum atomic E-state index is -4.45. The minimum Gasteiger partial charge on any atom is -0.354 e. The highest BCUT2D eigenvalue weighted by Gasteiger charge is 2.31. The Morgan fingerprint density at radius 2 is 1.65 bits per heavy atom. The molecule has 0 N–H and O–H groups in total. The number of hydrogen-bond donors (Lipinski definition) is 0. The summed E-state index contributed by atoms with van der Waals surface area (Å²) in [6.07, 6.45) is 2.02. The fourth-order valence-corrected chi connectivity index (χ4v) is 4.85. The van der Waals surface area contributed by atoms with Crippen molar-refractivity contribution in [3.05, 3.63) is 66.5 Å². The number of alkyl halides is 3. The Morgan fingerprint density at radius 3 is 2.26 bits per heavy atom. The van der Waals surface area contributed by atoms with Crippen molar-refractivity contribution in [1.29, 1.82) is 0 Å². The van der Waals surface area contributed by atoms with Crippen LogP contribution in [0.3, 0.4) is 0 Å². The highest BCUT2D eigenvalue weighted by atomic mass is 32.2. The van der Waals surface area contributed by atoms with E-state index in [0.717, 1.165) is 12.1 Å². The van der Waals surface area contributed by atoms with E-state index in [-0.39, 0.29) is 18.8 Å². The van der Waals surface area contributed by atoms with Crippen molar-refractivity contribution in [3.8, 4) is 5.82 Å². The fourth-order valence-electron chi connectivity index (χ4n) is 3.33. The molecule has 2 aromatic heterocycles. The quantitative estimate of drug-likeness (QED) is 0.591. The van der Waals surface area contributed by atoms with Crippen LogP contribution in [0.5, 0.6) is 0 Å². The van der Waals surface area contributed by atoms with Gasteiger partial charge in [-0.1, -0.05) is 12.1 Å². The first-order chi connectivity index (χ1) is 14.7. The van der Waals surface area contributed by atoms with Gasteiger partial charge in [0.05, 0.1) is 11.3 Å². The number of imidazole rings is 1. The first-order valence-corrected chi connectivity index (χ1v) is 11.0. The van der Waals surface area contributed by atoms with E-state index < -0.39 is 21.8 Å². The van der Waals surface area contributed by atoms with E-state index in [2.05, 4.69) is 15.0 Å². The number of aromatic nitrogens is 4. The van der Waals surface area contributed by atoms with Crippen molar-refractivity contribution in [2.45, 2.75) is 11.9 Å². The summed E-state index contributed by atoms with van der Waals surface area (Å²) in [6.45, 7) is 1.39. The molecule has 1 aliphatic rings. The molecule has 0 unspecified atom stereocenters. The van der Waals surface area contributed by atoms with E-state index in [1.165, 1.54) is 22.8 Å². The van der Waals surface area contributed by atoms with E-state index >= 15 is 0 Å². The standard InChI is InChI=1S/C19H19F3N6O2S/c20-19(21,22)16-3-1-15(2-4-16)12-31(29,30)28-9-7-26(8-10-28)17-11-18(25-13-24-17)27-6-5-23-14-27/h1-6,11,13-14H,7-10,12H2. The number of hydrogen-bond acceptors (Lipinski definition) is 6. The summed E-state index contributed by atoms with van der Waals surface area (Å²) >= 11 is 0. The Bertz CT molecular complexity index is 1130. The number of piperazine rings is 1. The molecule has 0 atom stereocenters. The Balaban J connectivity index is 1.39. The molecule has 4 rings (SSSR count). The predicted octanol–water partition coefficient (Wildman–Crippen LogP) is 2.33. The molecule has 1 fully saturated rings. The van der Waals surface area contributed by atoms with Gasteiger partial charge in [0, 0.05) is 44.6 Å². The Hall–Kier alpha value is -2.99. The maximum Gasteiger partial charge on any atom is 0.416 e. The molecule has 12 heteroatoms. The maximum atomic E-state index is 12.7. The number of benzene rings is 1. The van der Waals surface area contributed by atoms with Crippen molar-refractivity contribution >= 4 is 15.8 Å². The SMILES string of the molecule is O=S(=O)(Cc1ccc(C(F)(F)F)cc1)N1CCN(c2cc(-n3ccnc3)ncn2)CC1. The third-order valence-electron chi connectivity index (χ3n) is 4.99. The highest BCUT2D eigenvalue weighted by Crippen LogP contribution is 2.29.